The van der Waals surface area contributed by atoms with E-state index < -0.39 is 17.8 Å². The van der Waals surface area contributed by atoms with Crippen LogP contribution in [0.4, 0.5) is 10.5 Å². The lowest BCUT2D eigenvalue weighted by Gasteiger charge is -2.27. The third-order valence-corrected chi connectivity index (χ3v) is 3.08. The summed E-state index contributed by atoms with van der Waals surface area (Å²) in [6, 6.07) is 7.64. The molecule has 0 aromatic heterocycles. The highest BCUT2D eigenvalue weighted by molar-refractivity contribution is 6.37. The molecule has 0 saturated carbocycles. The zero-order chi connectivity index (χ0) is 16.1. The molecule has 22 heavy (non-hydrogen) atoms. The monoisotopic (exact) mass is 303 g/mol. The Morgan fingerprint density at radius 1 is 1.18 bits per heavy atom. The van der Waals surface area contributed by atoms with Crippen LogP contribution in [0.5, 0.6) is 0 Å². The summed E-state index contributed by atoms with van der Waals surface area (Å²) < 4.78 is 0. The minimum absolute atomic E-state index is 0.126. The molecule has 1 fully saturated rings. The van der Waals surface area contributed by atoms with Crippen LogP contribution in [0.2, 0.25) is 0 Å². The van der Waals surface area contributed by atoms with Gasteiger partial charge in [-0.15, -0.1) is 0 Å². The number of imide groups is 2. The van der Waals surface area contributed by atoms with E-state index in [1.807, 2.05) is 0 Å². The molecular formula is C15H17N3O4. The molecule has 2 N–H and O–H groups in total. The normalized spacial score (nSPS) is 17.4. The average molecular weight is 303 g/mol. The highest BCUT2D eigenvalue weighted by Gasteiger charge is 2.38. The largest absolute Gasteiger partial charge is 0.335 e. The number of benzene rings is 1. The first kappa shape index (κ1) is 15.7. The van der Waals surface area contributed by atoms with Gasteiger partial charge in [-0.2, -0.15) is 0 Å². The van der Waals surface area contributed by atoms with E-state index in [-0.39, 0.29) is 5.57 Å². The summed E-state index contributed by atoms with van der Waals surface area (Å²) in [5.74, 6) is -1.41. The van der Waals surface area contributed by atoms with E-state index in [1.165, 1.54) is 0 Å². The molecule has 1 saturated heterocycles. The van der Waals surface area contributed by atoms with Crippen molar-refractivity contribution in [3.8, 4) is 0 Å². The fourth-order valence-corrected chi connectivity index (χ4v) is 2.05. The van der Waals surface area contributed by atoms with Crippen molar-refractivity contribution in [1.82, 2.24) is 10.8 Å². The molecular weight excluding hydrogens is 286 g/mol. The zero-order valence-electron chi connectivity index (χ0n) is 12.4. The summed E-state index contributed by atoms with van der Waals surface area (Å²) in [7, 11) is 0. The van der Waals surface area contributed by atoms with Crippen molar-refractivity contribution >= 4 is 23.5 Å². The first-order valence-corrected chi connectivity index (χ1v) is 6.95. The van der Waals surface area contributed by atoms with Gasteiger partial charge in [0.15, 0.2) is 0 Å². The number of carbonyl (C=O) groups is 3. The lowest BCUT2D eigenvalue weighted by atomic mass is 10.1. The SMILES string of the molecule is CCON/C(CC)=C1/C(=O)NC(=O)N(c2ccccc2)C1=O. The number of allylic oxidation sites excluding steroid dienone is 1. The summed E-state index contributed by atoms with van der Waals surface area (Å²) in [5.41, 5.74) is 3.19. The number of hydrogen-bond donors (Lipinski definition) is 2. The molecule has 1 aliphatic rings. The van der Waals surface area contributed by atoms with Crippen LogP contribution in [0, 0.1) is 0 Å². The second-order valence-corrected chi connectivity index (χ2v) is 4.48. The maximum atomic E-state index is 12.6. The quantitative estimate of drug-likeness (QED) is 0.488. The Morgan fingerprint density at radius 2 is 1.86 bits per heavy atom. The first-order valence-electron chi connectivity index (χ1n) is 6.95. The molecule has 1 aromatic carbocycles. The number of nitrogens with one attached hydrogen (secondary N) is 2. The number of anilines is 1. The maximum Gasteiger partial charge on any atom is 0.335 e. The number of para-hydroxylation sites is 1. The van der Waals surface area contributed by atoms with Gasteiger partial charge in [0.1, 0.15) is 5.57 Å². The Hall–Kier alpha value is -2.67. The van der Waals surface area contributed by atoms with Crippen molar-refractivity contribution in [1.29, 1.82) is 0 Å². The molecule has 1 heterocycles. The summed E-state index contributed by atoms with van der Waals surface area (Å²) in [4.78, 5) is 42.6. The number of rotatable bonds is 5. The van der Waals surface area contributed by atoms with Gasteiger partial charge in [-0.25, -0.2) is 9.69 Å². The molecule has 0 bridgehead atoms. The summed E-state index contributed by atoms with van der Waals surface area (Å²) in [6.45, 7) is 3.92. The molecule has 0 spiro atoms. The molecule has 2 rings (SSSR count). The van der Waals surface area contributed by atoms with Crippen molar-refractivity contribution in [2.45, 2.75) is 20.3 Å². The van der Waals surface area contributed by atoms with E-state index in [1.54, 1.807) is 44.2 Å². The lowest BCUT2D eigenvalue weighted by Crippen LogP contribution is -2.55. The van der Waals surface area contributed by atoms with E-state index in [4.69, 9.17) is 4.84 Å². The Kier molecular flexibility index (Phi) is 4.90. The van der Waals surface area contributed by atoms with Crippen molar-refractivity contribution in [2.75, 3.05) is 11.5 Å². The average Bonchev–Trinajstić information content (AvgIpc) is 2.51. The topological polar surface area (TPSA) is 87.7 Å². The standard InChI is InChI=1S/C15H17N3O4/c1-3-11(17-22-4-2)12-13(19)16-15(21)18(14(12)20)10-8-6-5-7-9-10/h5-9,17H,3-4H2,1-2H3,(H,16,19,21)/b12-11-. The van der Waals surface area contributed by atoms with Crippen LogP contribution < -0.4 is 15.7 Å². The Labute approximate surface area is 127 Å². The Bertz CT molecular complexity index is 625. The predicted octanol–water partition coefficient (Wildman–Crippen LogP) is 1.47. The molecule has 0 radical (unpaired) electrons. The predicted molar refractivity (Wildman–Crippen MR) is 79.5 cm³/mol. The zero-order valence-corrected chi connectivity index (χ0v) is 12.4. The van der Waals surface area contributed by atoms with Gasteiger partial charge in [-0.1, -0.05) is 25.1 Å². The van der Waals surface area contributed by atoms with Crippen LogP contribution in [0.3, 0.4) is 0 Å². The molecule has 7 heteroatoms. The number of hydrogen-bond acceptors (Lipinski definition) is 5. The van der Waals surface area contributed by atoms with Gasteiger partial charge in [0.25, 0.3) is 11.8 Å². The van der Waals surface area contributed by atoms with Crippen LogP contribution >= 0.6 is 0 Å². The molecule has 7 nitrogen and oxygen atoms in total. The van der Waals surface area contributed by atoms with E-state index in [0.717, 1.165) is 4.90 Å². The minimum Gasteiger partial charge on any atom is -0.277 e. The van der Waals surface area contributed by atoms with Crippen LogP contribution in [0.25, 0.3) is 0 Å². The lowest BCUT2D eigenvalue weighted by molar-refractivity contribution is -0.123. The summed E-state index contributed by atoms with van der Waals surface area (Å²) in [5, 5.41) is 2.17. The van der Waals surface area contributed by atoms with Crippen molar-refractivity contribution < 1.29 is 19.2 Å². The van der Waals surface area contributed by atoms with Gasteiger partial charge >= 0.3 is 6.03 Å². The van der Waals surface area contributed by atoms with Crippen molar-refractivity contribution in [3.63, 3.8) is 0 Å². The molecule has 1 aliphatic heterocycles. The van der Waals surface area contributed by atoms with Crippen LogP contribution in [0.1, 0.15) is 20.3 Å². The van der Waals surface area contributed by atoms with Crippen LogP contribution in [-0.2, 0) is 14.4 Å². The number of amides is 4. The highest BCUT2D eigenvalue weighted by Crippen LogP contribution is 2.21. The Balaban J connectivity index is 2.43. The Morgan fingerprint density at radius 3 is 2.45 bits per heavy atom. The summed E-state index contributed by atoms with van der Waals surface area (Å²) in [6.07, 6.45) is 0.380. The van der Waals surface area contributed by atoms with Crippen molar-refractivity contribution in [2.24, 2.45) is 0 Å². The van der Waals surface area contributed by atoms with Crippen LogP contribution in [0.15, 0.2) is 41.6 Å². The molecule has 4 amide bonds. The van der Waals surface area contributed by atoms with Gasteiger partial charge < -0.3 is 0 Å². The third-order valence-electron chi connectivity index (χ3n) is 3.08. The molecule has 0 atom stereocenters. The molecule has 0 unspecified atom stereocenters. The second-order valence-electron chi connectivity index (χ2n) is 4.48. The number of nitrogens with zero attached hydrogens (tertiary/aromatic N) is 1. The molecule has 116 valence electrons. The number of urea groups is 1. The fourth-order valence-electron chi connectivity index (χ4n) is 2.05. The number of barbiturate groups is 1. The first-order chi connectivity index (χ1) is 10.6. The van der Waals surface area contributed by atoms with E-state index in [9.17, 15) is 14.4 Å². The van der Waals surface area contributed by atoms with Crippen molar-refractivity contribution in [3.05, 3.63) is 41.6 Å². The van der Waals surface area contributed by atoms with Gasteiger partial charge in [0.2, 0.25) is 0 Å². The highest BCUT2D eigenvalue weighted by atomic mass is 16.6. The van der Waals surface area contributed by atoms with Gasteiger partial charge in [-0.05, 0) is 25.5 Å². The maximum absolute atomic E-state index is 12.6. The molecule has 0 aliphatic carbocycles. The van der Waals surface area contributed by atoms with Gasteiger partial charge in [0, 0.05) is 0 Å². The van der Waals surface area contributed by atoms with Gasteiger partial charge in [0.05, 0.1) is 18.0 Å². The number of hydroxylamine groups is 1. The third kappa shape index (κ3) is 2.99. The van der Waals surface area contributed by atoms with E-state index in [2.05, 4.69) is 10.8 Å². The number of carbonyl (C=O) groups excluding carboxylic acids is 3. The summed E-state index contributed by atoms with van der Waals surface area (Å²) >= 11 is 0. The van der Waals surface area contributed by atoms with E-state index >= 15 is 0 Å². The van der Waals surface area contributed by atoms with Crippen LogP contribution in [-0.4, -0.2) is 24.5 Å². The van der Waals surface area contributed by atoms with E-state index in [0.29, 0.717) is 24.4 Å². The van der Waals surface area contributed by atoms with Gasteiger partial charge in [-0.3, -0.25) is 25.2 Å². The fraction of sp³-hybridized carbons (Fsp3) is 0.267. The second kappa shape index (κ2) is 6.86. The molecule has 1 aromatic rings. The minimum atomic E-state index is -0.767. The smallest absolute Gasteiger partial charge is 0.277 e.